The number of unbranched alkanes of at least 4 members (excludes halogenated alkanes) is 2. The van der Waals surface area contributed by atoms with Crippen LogP contribution in [0.5, 0.6) is 0 Å². The number of hydrogen-bond acceptors (Lipinski definition) is 3. The Balaban J connectivity index is 0. The van der Waals surface area contributed by atoms with Crippen molar-refractivity contribution in [1.82, 2.24) is 10.6 Å². The third kappa shape index (κ3) is 13.6. The molecule has 0 aliphatic heterocycles. The Bertz CT molecular complexity index is 273. The minimum atomic E-state index is -0.00258. The highest BCUT2D eigenvalue weighted by Gasteiger charge is 2.11. The monoisotopic (exact) mass is 307 g/mol. The average molecular weight is 308 g/mol. The van der Waals surface area contributed by atoms with Crippen molar-refractivity contribution < 1.29 is 9.59 Å². The van der Waals surface area contributed by atoms with Gasteiger partial charge in [-0.1, -0.05) is 20.3 Å². The molecule has 5 nitrogen and oxygen atoms in total. The highest BCUT2D eigenvalue weighted by Crippen LogP contribution is 2.05. The summed E-state index contributed by atoms with van der Waals surface area (Å²) in [4.78, 5) is 22.3. The second-order valence-electron chi connectivity index (χ2n) is 5.42. The maximum Gasteiger partial charge on any atom is 0.220 e. The lowest BCUT2D eigenvalue weighted by molar-refractivity contribution is -0.122. The maximum atomic E-state index is 11.7. The van der Waals surface area contributed by atoms with Crippen LogP contribution >= 0.6 is 12.4 Å². The molecule has 2 amide bonds. The normalized spacial score (nSPS) is 11.7. The molecule has 0 rings (SSSR count). The van der Waals surface area contributed by atoms with Gasteiger partial charge in [-0.2, -0.15) is 0 Å². The van der Waals surface area contributed by atoms with Crippen LogP contribution in [-0.2, 0) is 9.59 Å². The minimum absolute atomic E-state index is 0. The van der Waals surface area contributed by atoms with Crippen molar-refractivity contribution in [2.24, 2.45) is 11.7 Å². The van der Waals surface area contributed by atoms with Gasteiger partial charge in [0.25, 0.3) is 0 Å². The van der Waals surface area contributed by atoms with E-state index in [1.807, 2.05) is 0 Å². The van der Waals surface area contributed by atoms with Crippen LogP contribution in [0.25, 0.3) is 0 Å². The molecule has 1 atom stereocenters. The lowest BCUT2D eigenvalue weighted by Gasteiger charge is -2.18. The zero-order chi connectivity index (χ0) is 14.7. The van der Waals surface area contributed by atoms with Gasteiger partial charge in [0.05, 0.1) is 0 Å². The number of halogens is 1. The molecule has 0 saturated carbocycles. The zero-order valence-electron chi connectivity index (χ0n) is 12.9. The second kappa shape index (κ2) is 13.2. The van der Waals surface area contributed by atoms with Crippen molar-refractivity contribution in [3.63, 3.8) is 0 Å². The molecule has 0 radical (unpaired) electrons. The van der Waals surface area contributed by atoms with Crippen molar-refractivity contribution in [1.29, 1.82) is 0 Å². The molecule has 0 heterocycles. The van der Waals surface area contributed by atoms with Crippen LogP contribution in [0.1, 0.15) is 52.9 Å². The van der Waals surface area contributed by atoms with Crippen molar-refractivity contribution in [3.05, 3.63) is 0 Å². The topological polar surface area (TPSA) is 84.2 Å². The largest absolute Gasteiger partial charge is 0.356 e. The highest BCUT2D eigenvalue weighted by molar-refractivity contribution is 5.85. The summed E-state index contributed by atoms with van der Waals surface area (Å²) in [6, 6.07) is 0.0897. The van der Waals surface area contributed by atoms with Crippen molar-refractivity contribution >= 4 is 24.2 Å². The Hall–Kier alpha value is -0.810. The molecule has 1 unspecified atom stereocenters. The van der Waals surface area contributed by atoms with Gasteiger partial charge in [0, 0.05) is 32.5 Å². The first-order valence-electron chi connectivity index (χ1n) is 7.19. The number of nitrogens with two attached hydrogens (primary N) is 1. The zero-order valence-corrected chi connectivity index (χ0v) is 13.7. The van der Waals surface area contributed by atoms with Gasteiger partial charge in [-0.05, 0) is 25.2 Å². The molecular formula is C14H30ClN3O2. The fourth-order valence-corrected chi connectivity index (χ4v) is 1.93. The van der Waals surface area contributed by atoms with Crippen LogP contribution in [0, 0.1) is 5.92 Å². The molecule has 6 heteroatoms. The van der Waals surface area contributed by atoms with Gasteiger partial charge in [0.2, 0.25) is 11.8 Å². The predicted molar refractivity (Wildman–Crippen MR) is 84.8 cm³/mol. The van der Waals surface area contributed by atoms with E-state index < -0.39 is 0 Å². The van der Waals surface area contributed by atoms with E-state index in [0.29, 0.717) is 25.4 Å². The maximum absolute atomic E-state index is 11.7. The third-order valence-electron chi connectivity index (χ3n) is 2.86. The summed E-state index contributed by atoms with van der Waals surface area (Å²) in [6.07, 6.45) is 4.17. The van der Waals surface area contributed by atoms with Crippen LogP contribution < -0.4 is 16.4 Å². The summed E-state index contributed by atoms with van der Waals surface area (Å²) in [7, 11) is 0. The minimum Gasteiger partial charge on any atom is -0.356 e. The fraction of sp³-hybridized carbons (Fsp3) is 0.857. The second-order valence-corrected chi connectivity index (χ2v) is 5.42. The van der Waals surface area contributed by atoms with Gasteiger partial charge in [0.1, 0.15) is 0 Å². The number of hydrogen-bond donors (Lipinski definition) is 3. The average Bonchev–Trinajstić information content (AvgIpc) is 2.31. The van der Waals surface area contributed by atoms with Gasteiger partial charge in [0.15, 0.2) is 0 Å². The molecule has 0 aromatic carbocycles. The van der Waals surface area contributed by atoms with Gasteiger partial charge < -0.3 is 16.4 Å². The van der Waals surface area contributed by atoms with E-state index in [0.717, 1.165) is 25.7 Å². The van der Waals surface area contributed by atoms with E-state index in [-0.39, 0.29) is 30.3 Å². The molecule has 0 bridgehead atoms. The number of amides is 2. The number of carbonyl (C=O) groups excluding carboxylic acids is 2. The fourth-order valence-electron chi connectivity index (χ4n) is 1.93. The van der Waals surface area contributed by atoms with Gasteiger partial charge in [-0.15, -0.1) is 12.4 Å². The molecule has 20 heavy (non-hydrogen) atoms. The van der Waals surface area contributed by atoms with E-state index >= 15 is 0 Å². The Kier molecular flexibility index (Phi) is 14.2. The molecular weight excluding hydrogens is 278 g/mol. The summed E-state index contributed by atoms with van der Waals surface area (Å²) in [6.45, 7) is 6.94. The van der Waals surface area contributed by atoms with Crippen LogP contribution in [-0.4, -0.2) is 30.9 Å². The van der Waals surface area contributed by atoms with Crippen LogP contribution in [0.15, 0.2) is 0 Å². The first-order chi connectivity index (χ1) is 8.95. The first kappa shape index (κ1) is 21.5. The molecule has 0 aromatic heterocycles. The predicted octanol–water partition coefficient (Wildman–Crippen LogP) is 1.59. The Morgan fingerprint density at radius 3 is 2.30 bits per heavy atom. The molecule has 0 saturated heterocycles. The Labute approximate surface area is 128 Å². The standard InChI is InChI=1S/C14H29N3O2.ClH/c1-11(2)9-13(10-15)17-14(19)7-5-4-6-8-16-12(3)18;/h11,13H,4-10,15H2,1-3H3,(H,16,18)(H,17,19);1H. The summed E-state index contributed by atoms with van der Waals surface area (Å²) < 4.78 is 0. The molecule has 4 N–H and O–H groups in total. The van der Waals surface area contributed by atoms with E-state index in [4.69, 9.17) is 5.73 Å². The lowest BCUT2D eigenvalue weighted by atomic mass is 10.0. The number of carbonyl (C=O) groups is 2. The van der Waals surface area contributed by atoms with Gasteiger partial charge in [-0.3, -0.25) is 9.59 Å². The molecule has 0 spiro atoms. The van der Waals surface area contributed by atoms with E-state index in [9.17, 15) is 9.59 Å². The Morgan fingerprint density at radius 1 is 1.15 bits per heavy atom. The summed E-state index contributed by atoms with van der Waals surface area (Å²) in [5, 5.41) is 5.71. The highest BCUT2D eigenvalue weighted by atomic mass is 35.5. The molecule has 0 fully saturated rings. The Morgan fingerprint density at radius 2 is 1.80 bits per heavy atom. The first-order valence-corrected chi connectivity index (χ1v) is 7.19. The van der Waals surface area contributed by atoms with E-state index in [1.165, 1.54) is 6.92 Å². The van der Waals surface area contributed by atoms with Gasteiger partial charge >= 0.3 is 0 Å². The number of nitrogens with one attached hydrogen (secondary N) is 2. The molecule has 120 valence electrons. The van der Waals surface area contributed by atoms with Crippen molar-refractivity contribution in [2.75, 3.05) is 13.1 Å². The summed E-state index contributed by atoms with van der Waals surface area (Å²) in [5.41, 5.74) is 5.64. The van der Waals surface area contributed by atoms with Crippen LogP contribution in [0.4, 0.5) is 0 Å². The molecule has 0 aromatic rings. The van der Waals surface area contributed by atoms with Crippen LogP contribution in [0.2, 0.25) is 0 Å². The van der Waals surface area contributed by atoms with Crippen molar-refractivity contribution in [3.8, 4) is 0 Å². The lowest BCUT2D eigenvalue weighted by Crippen LogP contribution is -2.40. The van der Waals surface area contributed by atoms with Gasteiger partial charge in [-0.25, -0.2) is 0 Å². The van der Waals surface area contributed by atoms with Crippen LogP contribution in [0.3, 0.4) is 0 Å². The van der Waals surface area contributed by atoms with E-state index in [2.05, 4.69) is 24.5 Å². The quantitative estimate of drug-likeness (QED) is 0.536. The van der Waals surface area contributed by atoms with E-state index in [1.54, 1.807) is 0 Å². The summed E-state index contributed by atoms with van der Waals surface area (Å²) in [5.74, 6) is 0.611. The SMILES string of the molecule is CC(=O)NCCCCCC(=O)NC(CN)CC(C)C.Cl. The third-order valence-corrected chi connectivity index (χ3v) is 2.86. The van der Waals surface area contributed by atoms with Crippen molar-refractivity contribution in [2.45, 2.75) is 58.9 Å². The number of rotatable bonds is 10. The molecule has 0 aliphatic rings. The smallest absolute Gasteiger partial charge is 0.220 e. The summed E-state index contributed by atoms with van der Waals surface area (Å²) >= 11 is 0. The molecule has 0 aliphatic carbocycles.